The summed E-state index contributed by atoms with van der Waals surface area (Å²) in [6.07, 6.45) is 8.63. The van der Waals surface area contributed by atoms with Crippen molar-refractivity contribution in [3.05, 3.63) is 0 Å². The van der Waals surface area contributed by atoms with Gasteiger partial charge in [0.15, 0.2) is 0 Å². The van der Waals surface area contributed by atoms with E-state index in [9.17, 15) is 0 Å². The van der Waals surface area contributed by atoms with Crippen LogP contribution >= 0.6 is 0 Å². The molecular formula is C17H34N2. The van der Waals surface area contributed by atoms with Crippen molar-refractivity contribution < 1.29 is 0 Å². The summed E-state index contributed by atoms with van der Waals surface area (Å²) in [7, 11) is 0. The summed E-state index contributed by atoms with van der Waals surface area (Å²) in [5.41, 5.74) is 0. The summed E-state index contributed by atoms with van der Waals surface area (Å²) in [5, 5.41) is 3.86. The van der Waals surface area contributed by atoms with E-state index in [1.54, 1.807) is 0 Å². The lowest BCUT2D eigenvalue weighted by molar-refractivity contribution is 0.152. The predicted octanol–water partition coefficient (Wildman–Crippen LogP) is 3.52. The fourth-order valence-corrected chi connectivity index (χ4v) is 4.05. The molecular weight excluding hydrogens is 232 g/mol. The third kappa shape index (κ3) is 4.75. The summed E-state index contributed by atoms with van der Waals surface area (Å²) in [6.45, 7) is 12.2. The summed E-state index contributed by atoms with van der Waals surface area (Å²) >= 11 is 0. The summed E-state index contributed by atoms with van der Waals surface area (Å²) in [6, 6.07) is 0.701. The Labute approximate surface area is 120 Å². The van der Waals surface area contributed by atoms with Gasteiger partial charge in [0.1, 0.15) is 0 Å². The molecule has 1 saturated heterocycles. The largest absolute Gasteiger partial charge is 0.314 e. The zero-order valence-corrected chi connectivity index (χ0v) is 13.3. The van der Waals surface area contributed by atoms with E-state index in [0.717, 1.165) is 17.8 Å². The van der Waals surface area contributed by atoms with Crippen molar-refractivity contribution in [2.24, 2.45) is 17.8 Å². The number of nitrogens with zero attached hydrogens (tertiary/aromatic N) is 1. The number of piperidine rings is 1. The van der Waals surface area contributed by atoms with E-state index in [-0.39, 0.29) is 0 Å². The quantitative estimate of drug-likeness (QED) is 0.819. The number of rotatable bonds is 5. The van der Waals surface area contributed by atoms with Crippen LogP contribution in [0.15, 0.2) is 0 Å². The standard InChI is InChI=1S/C17H34N2/c1-4-19-10-6-9-17(13-19)15(3)18-12-16-8-5-7-14(2)11-16/h14-18H,4-13H2,1-3H3. The maximum atomic E-state index is 3.86. The molecule has 0 amide bonds. The van der Waals surface area contributed by atoms with Gasteiger partial charge in [-0.2, -0.15) is 0 Å². The molecule has 0 aromatic carbocycles. The van der Waals surface area contributed by atoms with Gasteiger partial charge in [0.25, 0.3) is 0 Å². The van der Waals surface area contributed by atoms with Gasteiger partial charge in [-0.05, 0) is 70.0 Å². The molecule has 0 radical (unpaired) electrons. The molecule has 2 nitrogen and oxygen atoms in total. The third-order valence-corrected chi connectivity index (χ3v) is 5.47. The highest BCUT2D eigenvalue weighted by Crippen LogP contribution is 2.28. The van der Waals surface area contributed by atoms with Crippen molar-refractivity contribution in [3.8, 4) is 0 Å². The average Bonchev–Trinajstić information content (AvgIpc) is 2.45. The van der Waals surface area contributed by atoms with Crippen molar-refractivity contribution in [2.45, 2.75) is 65.3 Å². The van der Waals surface area contributed by atoms with Crippen LogP contribution < -0.4 is 5.32 Å². The highest BCUT2D eigenvalue weighted by Gasteiger charge is 2.25. The lowest BCUT2D eigenvalue weighted by Gasteiger charge is -2.36. The number of nitrogens with one attached hydrogen (secondary N) is 1. The lowest BCUT2D eigenvalue weighted by Crippen LogP contribution is -2.45. The highest BCUT2D eigenvalue weighted by molar-refractivity contribution is 4.81. The van der Waals surface area contributed by atoms with Crippen LogP contribution in [-0.2, 0) is 0 Å². The Morgan fingerprint density at radius 1 is 1.21 bits per heavy atom. The van der Waals surface area contributed by atoms with Gasteiger partial charge in [0.2, 0.25) is 0 Å². The maximum absolute atomic E-state index is 3.86. The van der Waals surface area contributed by atoms with Crippen LogP contribution in [0.4, 0.5) is 0 Å². The molecule has 19 heavy (non-hydrogen) atoms. The van der Waals surface area contributed by atoms with Gasteiger partial charge in [-0.1, -0.05) is 26.7 Å². The van der Waals surface area contributed by atoms with E-state index in [2.05, 4.69) is 31.0 Å². The Morgan fingerprint density at radius 2 is 2.05 bits per heavy atom. The second-order valence-electron chi connectivity index (χ2n) is 7.13. The minimum absolute atomic E-state index is 0.701. The number of hydrogen-bond donors (Lipinski definition) is 1. The van der Waals surface area contributed by atoms with Crippen LogP contribution in [-0.4, -0.2) is 37.1 Å². The Bertz CT molecular complexity index is 254. The van der Waals surface area contributed by atoms with Crippen LogP contribution in [0.5, 0.6) is 0 Å². The minimum Gasteiger partial charge on any atom is -0.314 e. The van der Waals surface area contributed by atoms with Crippen molar-refractivity contribution >= 4 is 0 Å². The number of hydrogen-bond acceptors (Lipinski definition) is 2. The van der Waals surface area contributed by atoms with Gasteiger partial charge in [-0.15, -0.1) is 0 Å². The zero-order valence-electron chi connectivity index (χ0n) is 13.3. The molecule has 1 N–H and O–H groups in total. The third-order valence-electron chi connectivity index (χ3n) is 5.47. The molecule has 4 unspecified atom stereocenters. The van der Waals surface area contributed by atoms with Crippen molar-refractivity contribution in [1.29, 1.82) is 0 Å². The van der Waals surface area contributed by atoms with Crippen LogP contribution in [0, 0.1) is 17.8 Å². The first-order chi connectivity index (χ1) is 9.19. The van der Waals surface area contributed by atoms with E-state index in [1.165, 1.54) is 64.7 Å². The Kier molecular flexibility index (Phi) is 6.15. The van der Waals surface area contributed by atoms with Crippen LogP contribution in [0.2, 0.25) is 0 Å². The van der Waals surface area contributed by atoms with Gasteiger partial charge in [-0.3, -0.25) is 0 Å². The van der Waals surface area contributed by atoms with Gasteiger partial charge in [0.05, 0.1) is 0 Å². The molecule has 0 spiro atoms. The molecule has 1 aliphatic heterocycles. The second kappa shape index (κ2) is 7.64. The molecule has 0 aromatic heterocycles. The van der Waals surface area contributed by atoms with Crippen molar-refractivity contribution in [3.63, 3.8) is 0 Å². The van der Waals surface area contributed by atoms with E-state index >= 15 is 0 Å². The molecule has 0 aromatic rings. The summed E-state index contributed by atoms with van der Waals surface area (Å²) in [5.74, 6) is 2.77. The topological polar surface area (TPSA) is 15.3 Å². The van der Waals surface area contributed by atoms with Gasteiger partial charge in [-0.25, -0.2) is 0 Å². The van der Waals surface area contributed by atoms with Crippen LogP contribution in [0.25, 0.3) is 0 Å². The first kappa shape index (κ1) is 15.3. The van der Waals surface area contributed by atoms with E-state index in [1.807, 2.05) is 0 Å². The normalized spacial score (nSPS) is 35.2. The van der Waals surface area contributed by atoms with E-state index in [0.29, 0.717) is 6.04 Å². The Balaban J connectivity index is 1.69. The fraction of sp³-hybridized carbons (Fsp3) is 1.00. The van der Waals surface area contributed by atoms with E-state index in [4.69, 9.17) is 0 Å². The average molecular weight is 266 g/mol. The molecule has 2 fully saturated rings. The molecule has 1 aliphatic carbocycles. The van der Waals surface area contributed by atoms with Gasteiger partial charge in [0, 0.05) is 12.6 Å². The second-order valence-corrected chi connectivity index (χ2v) is 7.13. The highest BCUT2D eigenvalue weighted by atomic mass is 15.1. The maximum Gasteiger partial charge on any atom is 0.00793 e. The fourth-order valence-electron chi connectivity index (χ4n) is 4.05. The first-order valence-electron chi connectivity index (χ1n) is 8.64. The number of likely N-dealkylation sites (tertiary alicyclic amines) is 1. The van der Waals surface area contributed by atoms with Crippen LogP contribution in [0.3, 0.4) is 0 Å². The smallest absolute Gasteiger partial charge is 0.00793 e. The monoisotopic (exact) mass is 266 g/mol. The SMILES string of the molecule is CCN1CCCC(C(C)NCC2CCCC(C)C2)C1. The first-order valence-corrected chi connectivity index (χ1v) is 8.64. The molecule has 2 aliphatic rings. The van der Waals surface area contributed by atoms with Crippen LogP contribution in [0.1, 0.15) is 59.3 Å². The summed E-state index contributed by atoms with van der Waals surface area (Å²) < 4.78 is 0. The van der Waals surface area contributed by atoms with Gasteiger partial charge >= 0.3 is 0 Å². The molecule has 4 atom stereocenters. The lowest BCUT2D eigenvalue weighted by atomic mass is 9.82. The molecule has 1 heterocycles. The summed E-state index contributed by atoms with van der Waals surface area (Å²) in [4.78, 5) is 2.62. The Hall–Kier alpha value is -0.0800. The molecule has 1 saturated carbocycles. The minimum atomic E-state index is 0.701. The van der Waals surface area contributed by atoms with Crippen molar-refractivity contribution in [2.75, 3.05) is 26.2 Å². The van der Waals surface area contributed by atoms with Crippen molar-refractivity contribution in [1.82, 2.24) is 10.2 Å². The molecule has 0 bridgehead atoms. The molecule has 112 valence electrons. The molecule has 2 heteroatoms. The Morgan fingerprint density at radius 3 is 2.79 bits per heavy atom. The van der Waals surface area contributed by atoms with Gasteiger partial charge < -0.3 is 10.2 Å². The zero-order chi connectivity index (χ0) is 13.7. The van der Waals surface area contributed by atoms with E-state index < -0.39 is 0 Å². The predicted molar refractivity (Wildman–Crippen MR) is 83.4 cm³/mol. The molecule has 2 rings (SSSR count).